The monoisotopic (exact) mass is 464 g/mol. The van der Waals surface area contributed by atoms with E-state index in [2.05, 4.69) is 4.98 Å². The van der Waals surface area contributed by atoms with Crippen LogP contribution < -0.4 is 14.8 Å². The van der Waals surface area contributed by atoms with E-state index >= 15 is 0 Å². The van der Waals surface area contributed by atoms with Crippen LogP contribution in [0.3, 0.4) is 0 Å². The average Bonchev–Trinajstić information content (AvgIpc) is 3.30. The molecule has 154 valence electrons. The van der Waals surface area contributed by atoms with Crippen LogP contribution in [-0.4, -0.2) is 21.7 Å². The van der Waals surface area contributed by atoms with Gasteiger partial charge in [-0.25, -0.2) is 9.38 Å². The van der Waals surface area contributed by atoms with E-state index in [-0.39, 0.29) is 5.56 Å². The minimum Gasteiger partial charge on any atom is -0.493 e. The predicted molar refractivity (Wildman–Crippen MR) is 130 cm³/mol. The van der Waals surface area contributed by atoms with Gasteiger partial charge in [-0.3, -0.25) is 4.79 Å². The fourth-order valence-electron chi connectivity index (χ4n) is 3.27. The Labute approximate surface area is 191 Å². The summed E-state index contributed by atoms with van der Waals surface area (Å²) in [5, 5.41) is 0.742. The van der Waals surface area contributed by atoms with Crippen molar-refractivity contribution in [3.8, 4) is 5.75 Å². The van der Waals surface area contributed by atoms with E-state index in [0.717, 1.165) is 38.1 Å². The highest BCUT2D eigenvalue weighted by molar-refractivity contribution is 7.99. The third kappa shape index (κ3) is 4.32. The molecule has 5 rings (SSSR count). The van der Waals surface area contributed by atoms with E-state index in [9.17, 15) is 4.79 Å². The Bertz CT molecular complexity index is 1460. The lowest BCUT2D eigenvalue weighted by molar-refractivity contribution is 0.344. The lowest BCUT2D eigenvalue weighted by Gasteiger charge is -2.06. The van der Waals surface area contributed by atoms with Crippen LogP contribution in [-0.2, 0) is 0 Å². The van der Waals surface area contributed by atoms with Crippen molar-refractivity contribution in [3.63, 3.8) is 0 Å². The highest BCUT2D eigenvalue weighted by atomic mass is 35.5. The van der Waals surface area contributed by atoms with Gasteiger partial charge in [-0.2, -0.15) is 0 Å². The van der Waals surface area contributed by atoms with Gasteiger partial charge in [0, 0.05) is 15.7 Å². The molecular formula is C24H17ClN2O2S2. The molecule has 0 radical (unpaired) electrons. The first kappa shape index (κ1) is 20.1. The lowest BCUT2D eigenvalue weighted by atomic mass is 10.2. The lowest BCUT2D eigenvalue weighted by Crippen LogP contribution is -2.22. The van der Waals surface area contributed by atoms with Crippen LogP contribution in [0.15, 0.2) is 82.5 Å². The van der Waals surface area contributed by atoms with Crippen molar-refractivity contribution in [2.45, 2.75) is 4.90 Å². The van der Waals surface area contributed by atoms with Crippen LogP contribution in [0.25, 0.3) is 22.1 Å². The number of benzene rings is 3. The third-order valence-electron chi connectivity index (χ3n) is 4.76. The molecule has 0 fully saturated rings. The largest absolute Gasteiger partial charge is 0.493 e. The first-order valence-electron chi connectivity index (χ1n) is 9.70. The molecule has 0 aliphatic heterocycles. The van der Waals surface area contributed by atoms with Crippen LogP contribution in [0.4, 0.5) is 0 Å². The smallest absolute Gasteiger partial charge is 0.274 e. The van der Waals surface area contributed by atoms with Gasteiger partial charge in [-0.1, -0.05) is 47.2 Å². The molecule has 0 amide bonds. The number of thiazole rings is 1. The van der Waals surface area contributed by atoms with Gasteiger partial charge in [0.2, 0.25) is 0 Å². The Hall–Kier alpha value is -2.80. The topological polar surface area (TPSA) is 43.6 Å². The number of rotatable bonds is 6. The number of thioether (sulfide) groups is 1. The molecule has 4 nitrogen and oxygen atoms in total. The predicted octanol–water partition coefficient (Wildman–Crippen LogP) is 5.28. The average molecular weight is 465 g/mol. The van der Waals surface area contributed by atoms with Gasteiger partial charge in [-0.15, -0.1) is 11.8 Å². The number of fused-ring (bicyclic) bond motifs is 3. The summed E-state index contributed by atoms with van der Waals surface area (Å²) in [4.78, 5) is 19.3. The maximum Gasteiger partial charge on any atom is 0.274 e. The summed E-state index contributed by atoms with van der Waals surface area (Å²) >= 11 is 9.04. The second kappa shape index (κ2) is 8.75. The first-order chi connectivity index (χ1) is 15.2. The molecule has 0 N–H and O–H groups in total. The quantitative estimate of drug-likeness (QED) is 0.253. The Balaban J connectivity index is 1.26. The van der Waals surface area contributed by atoms with Gasteiger partial charge in [0.15, 0.2) is 4.96 Å². The van der Waals surface area contributed by atoms with E-state index in [0.29, 0.717) is 11.1 Å². The molecule has 0 unspecified atom stereocenters. The molecule has 0 saturated heterocycles. The van der Waals surface area contributed by atoms with Gasteiger partial charge >= 0.3 is 0 Å². The summed E-state index contributed by atoms with van der Waals surface area (Å²) in [5.41, 5.74) is 2.61. The van der Waals surface area contributed by atoms with Crippen molar-refractivity contribution in [2.24, 2.45) is 0 Å². The minimum absolute atomic E-state index is 0.0340. The molecular weight excluding hydrogens is 448 g/mol. The summed E-state index contributed by atoms with van der Waals surface area (Å²) in [6.45, 7) is 0.607. The molecule has 0 saturated carbocycles. The minimum atomic E-state index is -0.0340. The molecule has 2 aromatic heterocycles. The highest BCUT2D eigenvalue weighted by Crippen LogP contribution is 2.21. The molecule has 0 aliphatic rings. The van der Waals surface area contributed by atoms with E-state index in [1.807, 2.05) is 78.9 Å². The van der Waals surface area contributed by atoms with Crippen LogP contribution in [0.2, 0.25) is 5.02 Å². The molecule has 2 heterocycles. The summed E-state index contributed by atoms with van der Waals surface area (Å²) < 4.78 is 8.18. The fraction of sp³-hybridized carbons (Fsp3) is 0.0833. The van der Waals surface area contributed by atoms with E-state index in [4.69, 9.17) is 16.3 Å². The summed E-state index contributed by atoms with van der Waals surface area (Å²) in [7, 11) is 0. The fourth-order valence-corrected chi connectivity index (χ4v) is 5.12. The number of hydrogen-bond donors (Lipinski definition) is 0. The van der Waals surface area contributed by atoms with Gasteiger partial charge < -0.3 is 4.74 Å². The molecule has 5 aromatic rings. The van der Waals surface area contributed by atoms with Crippen LogP contribution >= 0.6 is 34.7 Å². The normalized spacial score (nSPS) is 12.1. The summed E-state index contributed by atoms with van der Waals surface area (Å²) in [6.07, 6.45) is 1.90. The molecule has 7 heteroatoms. The van der Waals surface area contributed by atoms with Gasteiger partial charge in [0.05, 0.1) is 22.2 Å². The zero-order valence-corrected chi connectivity index (χ0v) is 18.7. The van der Waals surface area contributed by atoms with Crippen molar-refractivity contribution in [1.82, 2.24) is 9.38 Å². The van der Waals surface area contributed by atoms with E-state index < -0.39 is 0 Å². The number of aromatic nitrogens is 2. The number of para-hydroxylation sites is 2. The zero-order chi connectivity index (χ0) is 21.2. The number of halogens is 1. The van der Waals surface area contributed by atoms with Gasteiger partial charge in [0.25, 0.3) is 5.56 Å². The first-order valence-corrected chi connectivity index (χ1v) is 11.9. The van der Waals surface area contributed by atoms with Crippen molar-refractivity contribution in [3.05, 3.63) is 98.3 Å². The van der Waals surface area contributed by atoms with Crippen molar-refractivity contribution in [2.75, 3.05) is 12.4 Å². The number of nitrogens with zero attached hydrogens (tertiary/aromatic N) is 2. The molecule has 0 spiro atoms. The zero-order valence-electron chi connectivity index (χ0n) is 16.3. The molecule has 31 heavy (non-hydrogen) atoms. The maximum absolute atomic E-state index is 12.9. The van der Waals surface area contributed by atoms with Crippen molar-refractivity contribution >= 4 is 56.8 Å². The van der Waals surface area contributed by atoms with Gasteiger partial charge in [0.1, 0.15) is 5.75 Å². The van der Waals surface area contributed by atoms with E-state index in [1.165, 1.54) is 16.2 Å². The molecule has 3 aromatic carbocycles. The SMILES string of the molecule is O=c1c(=Cc2ccc(OCCSc3ccc(Cl)cc3)cc2)sc2nc3ccccc3n12. The Morgan fingerprint density at radius 3 is 2.61 bits per heavy atom. The second-order valence-corrected chi connectivity index (χ2v) is 9.47. The van der Waals surface area contributed by atoms with Crippen molar-refractivity contribution < 1.29 is 4.74 Å². The summed E-state index contributed by atoms with van der Waals surface area (Å²) in [6, 6.07) is 23.3. The Morgan fingerprint density at radius 1 is 1.03 bits per heavy atom. The van der Waals surface area contributed by atoms with E-state index in [1.54, 1.807) is 16.2 Å². The highest BCUT2D eigenvalue weighted by Gasteiger charge is 2.10. The molecule has 0 atom stereocenters. The third-order valence-corrected chi connectivity index (χ3v) is 6.95. The van der Waals surface area contributed by atoms with Crippen LogP contribution in [0.5, 0.6) is 5.75 Å². The van der Waals surface area contributed by atoms with Crippen molar-refractivity contribution in [1.29, 1.82) is 0 Å². The number of hydrogen-bond acceptors (Lipinski definition) is 5. The number of ether oxygens (including phenoxy) is 1. The Kier molecular flexibility index (Phi) is 5.68. The van der Waals surface area contributed by atoms with Crippen LogP contribution in [0.1, 0.15) is 5.56 Å². The summed E-state index contributed by atoms with van der Waals surface area (Å²) in [5.74, 6) is 1.65. The standard InChI is InChI=1S/C24H17ClN2O2S2/c25-17-7-11-19(12-8-17)30-14-13-29-18-9-5-16(6-10-18)15-22-23(28)27-21-4-2-1-3-20(21)26-24(27)31-22/h1-12,15H,13-14H2. The van der Waals surface area contributed by atoms with Crippen LogP contribution in [0, 0.1) is 0 Å². The molecule has 0 aliphatic carbocycles. The number of imidazole rings is 1. The maximum atomic E-state index is 12.9. The molecule has 0 bridgehead atoms. The Morgan fingerprint density at radius 2 is 1.81 bits per heavy atom. The van der Waals surface area contributed by atoms with Gasteiger partial charge in [-0.05, 0) is 60.2 Å². The second-order valence-electron chi connectivity index (χ2n) is 6.85.